The minimum absolute atomic E-state index is 0.0609. The summed E-state index contributed by atoms with van der Waals surface area (Å²) in [5, 5.41) is 11.0. The number of nitrogens with zero attached hydrogens (tertiary/aromatic N) is 3. The van der Waals surface area contributed by atoms with E-state index in [4.69, 9.17) is 5.26 Å². The number of hydrogen-bond donors (Lipinski definition) is 0. The molecule has 1 amide bonds. The average Bonchev–Trinajstić information content (AvgIpc) is 2.69. The summed E-state index contributed by atoms with van der Waals surface area (Å²) in [6.45, 7) is 0.492. The summed E-state index contributed by atoms with van der Waals surface area (Å²) >= 11 is 1.51. The highest BCUT2D eigenvalue weighted by Gasteiger charge is 2.46. The van der Waals surface area contributed by atoms with E-state index in [1.807, 2.05) is 5.38 Å². The molecule has 2 rings (SSSR count). The Morgan fingerprint density at radius 2 is 2.50 bits per heavy atom. The Morgan fingerprint density at radius 1 is 1.75 bits per heavy atom. The predicted molar refractivity (Wildman–Crippen MR) is 60.5 cm³/mol. The Hall–Kier alpha value is -1.41. The molecule has 5 heteroatoms. The zero-order chi connectivity index (χ0) is 11.6. The van der Waals surface area contributed by atoms with Crippen molar-refractivity contribution in [2.45, 2.75) is 25.8 Å². The second-order valence-corrected chi connectivity index (χ2v) is 4.91. The van der Waals surface area contributed by atoms with Gasteiger partial charge in [-0.25, -0.2) is 4.98 Å². The van der Waals surface area contributed by atoms with Crippen LogP contribution in [-0.2, 0) is 11.3 Å². The minimum Gasteiger partial charge on any atom is -0.338 e. The highest BCUT2D eigenvalue weighted by molar-refractivity contribution is 7.07. The molecule has 0 saturated heterocycles. The van der Waals surface area contributed by atoms with E-state index in [-0.39, 0.29) is 5.91 Å². The van der Waals surface area contributed by atoms with Crippen LogP contribution in [0.2, 0.25) is 0 Å². The molecule has 1 fully saturated rings. The van der Waals surface area contributed by atoms with Crippen LogP contribution >= 0.6 is 11.3 Å². The fraction of sp³-hybridized carbons (Fsp3) is 0.545. The summed E-state index contributed by atoms with van der Waals surface area (Å²) in [5.41, 5.74) is 1.88. The number of rotatable bonds is 3. The first-order valence-corrected chi connectivity index (χ1v) is 6.16. The maximum absolute atomic E-state index is 12.1. The molecule has 1 aromatic heterocycles. The molecular formula is C11H13N3OS. The second-order valence-electron chi connectivity index (χ2n) is 4.19. The molecule has 16 heavy (non-hydrogen) atoms. The molecule has 0 bridgehead atoms. The summed E-state index contributed by atoms with van der Waals surface area (Å²) in [6.07, 6.45) is 2.37. The van der Waals surface area contributed by atoms with Gasteiger partial charge in [0.1, 0.15) is 5.41 Å². The highest BCUT2D eigenvalue weighted by atomic mass is 32.1. The molecule has 84 valence electrons. The second kappa shape index (κ2) is 4.22. The van der Waals surface area contributed by atoms with Gasteiger partial charge < -0.3 is 4.90 Å². The fourth-order valence-corrected chi connectivity index (χ4v) is 2.45. The molecule has 1 heterocycles. The van der Waals surface area contributed by atoms with E-state index in [2.05, 4.69) is 11.1 Å². The van der Waals surface area contributed by atoms with Crippen molar-refractivity contribution in [2.75, 3.05) is 7.05 Å². The highest BCUT2D eigenvalue weighted by Crippen LogP contribution is 2.41. The normalized spacial score (nSPS) is 17.2. The van der Waals surface area contributed by atoms with Gasteiger partial charge in [-0.05, 0) is 19.3 Å². The van der Waals surface area contributed by atoms with Gasteiger partial charge in [-0.1, -0.05) is 0 Å². The summed E-state index contributed by atoms with van der Waals surface area (Å²) in [6, 6.07) is 2.17. The van der Waals surface area contributed by atoms with Gasteiger partial charge in [0.05, 0.1) is 23.8 Å². The van der Waals surface area contributed by atoms with Crippen molar-refractivity contribution < 1.29 is 4.79 Å². The Labute approximate surface area is 98.5 Å². The van der Waals surface area contributed by atoms with E-state index in [0.29, 0.717) is 19.4 Å². The van der Waals surface area contributed by atoms with Crippen LogP contribution < -0.4 is 0 Å². The van der Waals surface area contributed by atoms with Crippen molar-refractivity contribution in [3.05, 3.63) is 16.6 Å². The van der Waals surface area contributed by atoms with E-state index < -0.39 is 5.41 Å². The summed E-state index contributed by atoms with van der Waals surface area (Å²) in [4.78, 5) is 17.8. The van der Waals surface area contributed by atoms with Gasteiger partial charge in [-0.3, -0.25) is 4.79 Å². The summed E-state index contributed by atoms with van der Waals surface area (Å²) in [5.74, 6) is -0.0609. The van der Waals surface area contributed by atoms with Crippen molar-refractivity contribution in [3.8, 4) is 6.07 Å². The molecular weight excluding hydrogens is 222 g/mol. The number of aromatic nitrogens is 1. The zero-order valence-electron chi connectivity index (χ0n) is 9.14. The lowest BCUT2D eigenvalue weighted by molar-refractivity contribution is -0.142. The molecule has 1 aromatic rings. The first-order chi connectivity index (χ1) is 7.68. The molecule has 0 aliphatic heterocycles. The van der Waals surface area contributed by atoms with Crippen molar-refractivity contribution in [1.82, 2.24) is 9.88 Å². The number of amides is 1. The third-order valence-corrected chi connectivity index (χ3v) is 3.70. The minimum atomic E-state index is -0.745. The lowest BCUT2D eigenvalue weighted by atomic mass is 9.69. The van der Waals surface area contributed by atoms with Gasteiger partial charge in [-0.15, -0.1) is 11.3 Å². The van der Waals surface area contributed by atoms with E-state index in [0.717, 1.165) is 12.1 Å². The molecule has 0 radical (unpaired) electrons. The van der Waals surface area contributed by atoms with Crippen LogP contribution in [0.3, 0.4) is 0 Å². The van der Waals surface area contributed by atoms with E-state index >= 15 is 0 Å². The monoisotopic (exact) mass is 235 g/mol. The first kappa shape index (κ1) is 11.1. The van der Waals surface area contributed by atoms with Crippen LogP contribution in [0.1, 0.15) is 25.0 Å². The first-order valence-electron chi connectivity index (χ1n) is 5.22. The maximum atomic E-state index is 12.1. The van der Waals surface area contributed by atoms with E-state index in [9.17, 15) is 4.79 Å². The van der Waals surface area contributed by atoms with Gasteiger partial charge in [0, 0.05) is 12.4 Å². The van der Waals surface area contributed by atoms with Crippen LogP contribution in [0, 0.1) is 16.7 Å². The van der Waals surface area contributed by atoms with Gasteiger partial charge in [0.25, 0.3) is 0 Å². The maximum Gasteiger partial charge on any atom is 0.243 e. The quantitative estimate of drug-likeness (QED) is 0.802. The van der Waals surface area contributed by atoms with Crippen LogP contribution in [0.15, 0.2) is 10.9 Å². The van der Waals surface area contributed by atoms with Gasteiger partial charge in [0.15, 0.2) is 0 Å². The number of carbonyl (C=O) groups excluding carboxylic acids is 1. The number of carbonyl (C=O) groups is 1. The Balaban J connectivity index is 2.02. The Kier molecular flexibility index (Phi) is 2.92. The molecule has 0 aromatic carbocycles. The van der Waals surface area contributed by atoms with E-state index in [1.165, 1.54) is 11.3 Å². The molecule has 0 atom stereocenters. The van der Waals surface area contributed by atoms with Crippen molar-refractivity contribution in [1.29, 1.82) is 5.26 Å². The largest absolute Gasteiger partial charge is 0.338 e. The fourth-order valence-electron chi connectivity index (χ4n) is 1.90. The molecule has 0 unspecified atom stereocenters. The predicted octanol–water partition coefficient (Wildman–Crippen LogP) is 1.80. The molecule has 0 N–H and O–H groups in total. The lowest BCUT2D eigenvalue weighted by Crippen LogP contribution is -2.45. The smallest absolute Gasteiger partial charge is 0.243 e. The van der Waals surface area contributed by atoms with Crippen LogP contribution in [0.5, 0.6) is 0 Å². The van der Waals surface area contributed by atoms with Crippen molar-refractivity contribution >= 4 is 17.2 Å². The summed E-state index contributed by atoms with van der Waals surface area (Å²) < 4.78 is 0. The summed E-state index contributed by atoms with van der Waals surface area (Å²) in [7, 11) is 1.74. The Bertz CT molecular complexity index is 417. The standard InChI is InChI=1S/C11H13N3OS/c1-14(5-9-6-16-8-13-9)10(15)11(7-12)3-2-4-11/h6,8H,2-5H2,1H3. The van der Waals surface area contributed by atoms with Crippen LogP contribution in [0.25, 0.3) is 0 Å². The SMILES string of the molecule is CN(Cc1cscn1)C(=O)C1(C#N)CCC1. The number of thiazole rings is 1. The van der Waals surface area contributed by atoms with Gasteiger partial charge in [0.2, 0.25) is 5.91 Å². The average molecular weight is 235 g/mol. The third kappa shape index (κ3) is 1.81. The molecule has 0 spiro atoms. The van der Waals surface area contributed by atoms with Crippen molar-refractivity contribution in [3.63, 3.8) is 0 Å². The Morgan fingerprint density at radius 3 is 2.94 bits per heavy atom. The number of hydrogen-bond acceptors (Lipinski definition) is 4. The number of nitriles is 1. The lowest BCUT2D eigenvalue weighted by Gasteiger charge is -2.36. The van der Waals surface area contributed by atoms with Crippen LogP contribution in [-0.4, -0.2) is 22.8 Å². The van der Waals surface area contributed by atoms with Gasteiger partial charge >= 0.3 is 0 Å². The molecule has 1 aliphatic carbocycles. The molecule has 4 nitrogen and oxygen atoms in total. The van der Waals surface area contributed by atoms with Crippen molar-refractivity contribution in [2.24, 2.45) is 5.41 Å². The van der Waals surface area contributed by atoms with E-state index in [1.54, 1.807) is 17.5 Å². The molecule has 1 saturated carbocycles. The topological polar surface area (TPSA) is 57.0 Å². The third-order valence-electron chi connectivity index (χ3n) is 3.06. The van der Waals surface area contributed by atoms with Crippen LogP contribution in [0.4, 0.5) is 0 Å². The zero-order valence-corrected chi connectivity index (χ0v) is 9.96. The van der Waals surface area contributed by atoms with Gasteiger partial charge in [-0.2, -0.15) is 5.26 Å². The molecule has 1 aliphatic rings.